The smallest absolute Gasteiger partial charge is 0.302 e. The Bertz CT molecular complexity index is 1030. The van der Waals surface area contributed by atoms with Gasteiger partial charge in [0.1, 0.15) is 0 Å². The van der Waals surface area contributed by atoms with Gasteiger partial charge in [-0.15, -0.1) is 0 Å². The number of hydrogen-bond donors (Lipinski definition) is 0. The molecule has 0 spiro atoms. The number of carbonyl (C=O) groups is 3. The zero-order valence-corrected chi connectivity index (χ0v) is 17.2. The van der Waals surface area contributed by atoms with E-state index in [9.17, 15) is 27.6 Å². The van der Waals surface area contributed by atoms with Gasteiger partial charge < -0.3 is 9.80 Å². The summed E-state index contributed by atoms with van der Waals surface area (Å²) in [6.45, 7) is 4.54. The van der Waals surface area contributed by atoms with Crippen LogP contribution in [0.1, 0.15) is 26.3 Å². The first kappa shape index (κ1) is 20.9. The van der Waals surface area contributed by atoms with Crippen molar-refractivity contribution in [3.8, 4) is 0 Å². The zero-order valence-electron chi connectivity index (χ0n) is 17.2. The number of Topliss-reactive ketones (excluding diaryl/α,β-unsaturated/α-hetero) is 1. The number of anilines is 1. The molecule has 0 aliphatic carbocycles. The molecular weight excluding hydrogens is 415 g/mol. The number of amides is 3. The van der Waals surface area contributed by atoms with Crippen molar-refractivity contribution in [2.45, 2.75) is 45.2 Å². The Labute approximate surface area is 176 Å². The lowest BCUT2D eigenvalue weighted by Gasteiger charge is -2.41. The number of halogens is 3. The van der Waals surface area contributed by atoms with Gasteiger partial charge in [0.25, 0.3) is 5.91 Å². The van der Waals surface area contributed by atoms with E-state index in [1.165, 1.54) is 37.9 Å². The zero-order chi connectivity index (χ0) is 22.8. The van der Waals surface area contributed by atoms with Gasteiger partial charge in [-0.3, -0.25) is 19.4 Å². The Hall–Kier alpha value is -3.37. The number of alkyl halides is 3. The Morgan fingerprint density at radius 3 is 2.32 bits per heavy atom. The first-order chi connectivity index (χ1) is 14.4. The first-order valence-corrected chi connectivity index (χ1v) is 9.55. The van der Waals surface area contributed by atoms with Crippen LogP contribution in [0, 0.1) is 0 Å². The highest BCUT2D eigenvalue weighted by atomic mass is 19.4. The molecule has 1 saturated heterocycles. The molecule has 31 heavy (non-hydrogen) atoms. The van der Waals surface area contributed by atoms with E-state index in [1.807, 2.05) is 0 Å². The van der Waals surface area contributed by atoms with Crippen LogP contribution >= 0.6 is 0 Å². The number of benzene rings is 1. The number of carbonyl (C=O) groups excluding carboxylic acids is 3. The maximum absolute atomic E-state index is 13.2. The third kappa shape index (κ3) is 3.06. The topological polar surface area (TPSA) is 76.5 Å². The second-order valence-corrected chi connectivity index (χ2v) is 7.73. The van der Waals surface area contributed by atoms with E-state index in [1.54, 1.807) is 22.9 Å². The van der Waals surface area contributed by atoms with E-state index in [0.29, 0.717) is 17.3 Å². The maximum Gasteiger partial charge on any atom is 0.416 e. The average molecular weight is 435 g/mol. The van der Waals surface area contributed by atoms with Gasteiger partial charge >= 0.3 is 12.2 Å². The quantitative estimate of drug-likeness (QED) is 0.730. The molecule has 0 radical (unpaired) electrons. The van der Waals surface area contributed by atoms with Crippen molar-refractivity contribution in [3.63, 3.8) is 0 Å². The second kappa shape index (κ2) is 6.82. The highest BCUT2D eigenvalue weighted by molar-refractivity contribution is 6.11. The number of aliphatic imine (C=N–C) groups is 1. The lowest BCUT2D eigenvalue weighted by Crippen LogP contribution is -2.66. The second-order valence-electron chi connectivity index (χ2n) is 7.73. The van der Waals surface area contributed by atoms with E-state index in [-0.39, 0.29) is 5.78 Å². The third-order valence-corrected chi connectivity index (χ3v) is 5.76. The van der Waals surface area contributed by atoms with Crippen molar-refractivity contribution in [3.05, 3.63) is 41.7 Å². The standard InChI is InChI=1S/C20H20F3N5O3/c1-10-9-26-15-16(25(4)19(31)28(17(15)30)11(2)12(3)29)24-18(26)27(10)14-7-5-13(6-8-14)20(21,22)23/h5-9,11,15-16H,1-4H3. The summed E-state index contributed by atoms with van der Waals surface area (Å²) in [5, 5.41) is 0. The van der Waals surface area contributed by atoms with Crippen molar-refractivity contribution in [2.24, 2.45) is 4.99 Å². The van der Waals surface area contributed by atoms with E-state index in [2.05, 4.69) is 4.99 Å². The summed E-state index contributed by atoms with van der Waals surface area (Å²) in [5.74, 6) is -0.544. The number of imide groups is 1. The lowest BCUT2D eigenvalue weighted by atomic mass is 10.1. The molecule has 0 aromatic heterocycles. The summed E-state index contributed by atoms with van der Waals surface area (Å²) in [6.07, 6.45) is -3.60. The third-order valence-electron chi connectivity index (χ3n) is 5.76. The van der Waals surface area contributed by atoms with E-state index < -0.39 is 41.9 Å². The molecule has 3 unspecified atom stereocenters. The van der Waals surface area contributed by atoms with Crippen LogP contribution in [0.5, 0.6) is 0 Å². The number of allylic oxidation sites excluding steroid dienone is 1. The van der Waals surface area contributed by atoms with Crippen LogP contribution in [0.3, 0.4) is 0 Å². The van der Waals surface area contributed by atoms with Gasteiger partial charge in [0.15, 0.2) is 18.0 Å². The fraction of sp³-hybridized carbons (Fsp3) is 0.400. The number of urea groups is 1. The van der Waals surface area contributed by atoms with Crippen molar-refractivity contribution in [1.29, 1.82) is 0 Å². The summed E-state index contributed by atoms with van der Waals surface area (Å²) >= 11 is 0. The molecule has 1 fully saturated rings. The Morgan fingerprint density at radius 2 is 1.77 bits per heavy atom. The average Bonchev–Trinajstić information content (AvgIpc) is 3.20. The highest BCUT2D eigenvalue weighted by Crippen LogP contribution is 2.38. The number of rotatable bonds is 3. The molecule has 11 heteroatoms. The van der Waals surface area contributed by atoms with Gasteiger partial charge in [-0.1, -0.05) is 0 Å². The van der Waals surface area contributed by atoms with Gasteiger partial charge in [0, 0.05) is 24.6 Å². The number of ketones is 1. The Balaban J connectivity index is 1.69. The Kier molecular flexibility index (Phi) is 4.60. The predicted octanol–water partition coefficient (Wildman–Crippen LogP) is 2.62. The van der Waals surface area contributed by atoms with Crippen LogP contribution in [0.25, 0.3) is 0 Å². The number of likely N-dealkylation sites (N-methyl/N-ethyl adjacent to an activating group) is 1. The summed E-state index contributed by atoms with van der Waals surface area (Å²) in [5.41, 5.74) is 0.317. The molecule has 3 aliphatic rings. The monoisotopic (exact) mass is 435 g/mol. The molecule has 0 bridgehead atoms. The molecule has 164 valence electrons. The SMILES string of the molecule is CC(=O)C(C)N1C(=O)C2C(N=C3N(c4ccc(C(F)(F)F)cc4)C(C)=CN32)N(C)C1=O. The molecule has 4 rings (SSSR count). The highest BCUT2D eigenvalue weighted by Gasteiger charge is 2.55. The molecule has 1 aromatic rings. The van der Waals surface area contributed by atoms with Crippen LogP contribution in [-0.4, -0.2) is 63.7 Å². The summed E-state index contributed by atoms with van der Waals surface area (Å²) in [6, 6.07) is 2.20. The van der Waals surface area contributed by atoms with Gasteiger partial charge in [-0.25, -0.2) is 9.79 Å². The van der Waals surface area contributed by atoms with Crippen LogP contribution in [0.15, 0.2) is 41.2 Å². The number of guanidine groups is 1. The minimum absolute atomic E-state index is 0.327. The van der Waals surface area contributed by atoms with Crippen molar-refractivity contribution in [1.82, 2.24) is 14.7 Å². The summed E-state index contributed by atoms with van der Waals surface area (Å²) in [7, 11) is 1.50. The van der Waals surface area contributed by atoms with Crippen molar-refractivity contribution in [2.75, 3.05) is 11.9 Å². The van der Waals surface area contributed by atoms with E-state index in [0.717, 1.165) is 17.0 Å². The molecule has 3 heterocycles. The number of nitrogens with zero attached hydrogens (tertiary/aromatic N) is 5. The summed E-state index contributed by atoms with van der Waals surface area (Å²) in [4.78, 5) is 47.8. The van der Waals surface area contributed by atoms with E-state index >= 15 is 0 Å². The maximum atomic E-state index is 13.2. The van der Waals surface area contributed by atoms with Crippen LogP contribution in [0.2, 0.25) is 0 Å². The first-order valence-electron chi connectivity index (χ1n) is 9.55. The fourth-order valence-corrected chi connectivity index (χ4v) is 3.97. The molecule has 0 N–H and O–H groups in total. The van der Waals surface area contributed by atoms with Crippen LogP contribution < -0.4 is 4.90 Å². The predicted molar refractivity (Wildman–Crippen MR) is 105 cm³/mol. The van der Waals surface area contributed by atoms with Gasteiger partial charge in [-0.05, 0) is 45.0 Å². The Morgan fingerprint density at radius 1 is 1.16 bits per heavy atom. The molecular formula is C20H20F3N5O3. The van der Waals surface area contributed by atoms with Gasteiger partial charge in [0.2, 0.25) is 5.96 Å². The van der Waals surface area contributed by atoms with Crippen molar-refractivity contribution >= 4 is 29.4 Å². The molecule has 3 amide bonds. The number of fused-ring (bicyclic) bond motifs is 3. The molecule has 0 saturated carbocycles. The van der Waals surface area contributed by atoms with Gasteiger partial charge in [-0.2, -0.15) is 13.2 Å². The van der Waals surface area contributed by atoms with Crippen LogP contribution in [0.4, 0.5) is 23.7 Å². The lowest BCUT2D eigenvalue weighted by molar-refractivity contribution is -0.142. The molecule has 8 nitrogen and oxygen atoms in total. The minimum Gasteiger partial charge on any atom is -0.302 e. The molecule has 3 atom stereocenters. The van der Waals surface area contributed by atoms with Crippen LogP contribution in [-0.2, 0) is 15.8 Å². The molecule has 3 aliphatic heterocycles. The summed E-state index contributed by atoms with van der Waals surface area (Å²) < 4.78 is 38.7. The number of hydrogen-bond acceptors (Lipinski definition) is 6. The van der Waals surface area contributed by atoms with Crippen molar-refractivity contribution < 1.29 is 27.6 Å². The largest absolute Gasteiger partial charge is 0.416 e. The van der Waals surface area contributed by atoms with Gasteiger partial charge in [0.05, 0.1) is 11.6 Å². The normalized spacial score (nSPS) is 24.2. The minimum atomic E-state index is -4.45. The fourth-order valence-electron chi connectivity index (χ4n) is 3.97. The van der Waals surface area contributed by atoms with E-state index in [4.69, 9.17) is 0 Å². The molecule has 1 aromatic carbocycles.